The first-order chi connectivity index (χ1) is 7.29. The maximum Gasteiger partial charge on any atom is 0.0847 e. The summed E-state index contributed by atoms with van der Waals surface area (Å²) in [6.07, 6.45) is 1.09. The first-order valence-electron chi connectivity index (χ1n) is 5.65. The molecule has 1 heterocycles. The molecular weight excluding hydrogens is 224 g/mol. The molecule has 1 rings (SSSR count). The van der Waals surface area contributed by atoms with Crippen molar-refractivity contribution in [3.63, 3.8) is 0 Å². The van der Waals surface area contributed by atoms with Crippen LogP contribution in [0.3, 0.4) is 0 Å². The third-order valence-corrected chi connectivity index (χ3v) is 3.95. The Labute approximate surface area is 102 Å². The molecule has 16 heavy (non-hydrogen) atoms. The average molecular weight is 245 g/mol. The standard InChI is InChI=1S/C12H21ClN2O/c1-6-12(3,4)10(16)7-9-11(13)8(2)14-15(9)5/h10,16H,6-7H2,1-5H3. The summed E-state index contributed by atoms with van der Waals surface area (Å²) in [5, 5.41) is 15.1. The van der Waals surface area contributed by atoms with Gasteiger partial charge in [0, 0.05) is 13.5 Å². The summed E-state index contributed by atoms with van der Waals surface area (Å²) in [7, 11) is 1.86. The lowest BCUT2D eigenvalue weighted by atomic mass is 9.82. The first kappa shape index (κ1) is 13.5. The fraction of sp³-hybridized carbons (Fsp3) is 0.750. The number of halogens is 1. The second kappa shape index (κ2) is 4.76. The molecule has 0 aliphatic rings. The van der Waals surface area contributed by atoms with E-state index in [0.29, 0.717) is 11.4 Å². The molecule has 0 aliphatic carbocycles. The van der Waals surface area contributed by atoms with Crippen LogP contribution >= 0.6 is 11.6 Å². The Bertz CT molecular complexity index is 371. The molecule has 1 aromatic rings. The molecule has 0 amide bonds. The highest BCUT2D eigenvalue weighted by molar-refractivity contribution is 6.31. The highest BCUT2D eigenvalue weighted by Crippen LogP contribution is 2.29. The molecule has 0 fully saturated rings. The topological polar surface area (TPSA) is 38.1 Å². The molecule has 0 saturated heterocycles. The van der Waals surface area contributed by atoms with E-state index in [4.69, 9.17) is 11.6 Å². The normalized spacial score (nSPS) is 14.2. The van der Waals surface area contributed by atoms with E-state index in [2.05, 4.69) is 25.9 Å². The zero-order chi connectivity index (χ0) is 12.5. The summed E-state index contributed by atoms with van der Waals surface area (Å²) in [6.45, 7) is 8.09. The van der Waals surface area contributed by atoms with Gasteiger partial charge in [-0.25, -0.2) is 0 Å². The maximum atomic E-state index is 10.2. The number of aromatic nitrogens is 2. The summed E-state index contributed by atoms with van der Waals surface area (Å²) in [5.74, 6) is 0. The minimum atomic E-state index is -0.398. The number of aliphatic hydroxyl groups is 1. The fourth-order valence-corrected chi connectivity index (χ4v) is 1.83. The molecule has 92 valence electrons. The molecule has 0 bridgehead atoms. The molecule has 1 unspecified atom stereocenters. The summed E-state index contributed by atoms with van der Waals surface area (Å²) < 4.78 is 1.76. The van der Waals surface area contributed by atoms with Crippen LogP contribution in [0.5, 0.6) is 0 Å². The second-order valence-electron chi connectivity index (χ2n) is 5.03. The molecule has 1 aromatic heterocycles. The number of aryl methyl sites for hydroxylation is 2. The van der Waals surface area contributed by atoms with Crippen molar-refractivity contribution in [1.29, 1.82) is 0 Å². The average Bonchev–Trinajstić information content (AvgIpc) is 2.45. The fourth-order valence-electron chi connectivity index (χ4n) is 1.60. The number of rotatable bonds is 4. The predicted octanol–water partition coefficient (Wildman–Crippen LogP) is 2.72. The van der Waals surface area contributed by atoms with Gasteiger partial charge in [-0.15, -0.1) is 0 Å². The van der Waals surface area contributed by atoms with E-state index in [-0.39, 0.29) is 5.41 Å². The molecule has 0 saturated carbocycles. The van der Waals surface area contributed by atoms with E-state index in [0.717, 1.165) is 17.8 Å². The van der Waals surface area contributed by atoms with Gasteiger partial charge in [0.05, 0.1) is 22.5 Å². The van der Waals surface area contributed by atoms with Gasteiger partial charge >= 0.3 is 0 Å². The largest absolute Gasteiger partial charge is 0.392 e. The number of aliphatic hydroxyl groups excluding tert-OH is 1. The van der Waals surface area contributed by atoms with E-state index in [1.54, 1.807) is 4.68 Å². The predicted molar refractivity (Wildman–Crippen MR) is 66.7 cm³/mol. The van der Waals surface area contributed by atoms with Crippen LogP contribution in [0.4, 0.5) is 0 Å². The molecule has 1 atom stereocenters. The highest BCUT2D eigenvalue weighted by atomic mass is 35.5. The minimum absolute atomic E-state index is 0.0957. The lowest BCUT2D eigenvalue weighted by Crippen LogP contribution is -2.31. The zero-order valence-corrected chi connectivity index (χ0v) is 11.5. The maximum absolute atomic E-state index is 10.2. The van der Waals surface area contributed by atoms with Crippen LogP contribution in [-0.2, 0) is 13.5 Å². The molecule has 0 spiro atoms. The summed E-state index contributed by atoms with van der Waals surface area (Å²) in [5.41, 5.74) is 1.63. The van der Waals surface area contributed by atoms with Crippen molar-refractivity contribution in [3.05, 3.63) is 16.4 Å². The number of hydrogen-bond donors (Lipinski definition) is 1. The van der Waals surface area contributed by atoms with Gasteiger partial charge in [0.15, 0.2) is 0 Å². The van der Waals surface area contributed by atoms with Crippen LogP contribution in [0, 0.1) is 12.3 Å². The Kier molecular flexibility index (Phi) is 4.02. The summed E-state index contributed by atoms with van der Waals surface area (Å²) in [4.78, 5) is 0. The lowest BCUT2D eigenvalue weighted by Gasteiger charge is -2.29. The molecule has 0 aromatic carbocycles. The summed E-state index contributed by atoms with van der Waals surface area (Å²) in [6, 6.07) is 0. The van der Waals surface area contributed by atoms with Gasteiger partial charge < -0.3 is 5.11 Å². The molecule has 3 nitrogen and oxygen atoms in total. The van der Waals surface area contributed by atoms with E-state index >= 15 is 0 Å². The Hall–Kier alpha value is -0.540. The molecule has 4 heteroatoms. The van der Waals surface area contributed by atoms with E-state index < -0.39 is 6.10 Å². The summed E-state index contributed by atoms with van der Waals surface area (Å²) >= 11 is 6.16. The van der Waals surface area contributed by atoms with Gasteiger partial charge in [0.25, 0.3) is 0 Å². The third-order valence-electron chi connectivity index (χ3n) is 3.46. The molecular formula is C12H21ClN2O. The van der Waals surface area contributed by atoms with Crippen molar-refractivity contribution < 1.29 is 5.11 Å². The molecule has 1 N–H and O–H groups in total. The van der Waals surface area contributed by atoms with Crippen LogP contribution in [0.15, 0.2) is 0 Å². The van der Waals surface area contributed by atoms with E-state index in [1.165, 1.54) is 0 Å². The van der Waals surface area contributed by atoms with Crippen molar-refractivity contribution in [2.45, 2.75) is 46.6 Å². The lowest BCUT2D eigenvalue weighted by molar-refractivity contribution is 0.0465. The van der Waals surface area contributed by atoms with Crippen molar-refractivity contribution in [1.82, 2.24) is 9.78 Å². The van der Waals surface area contributed by atoms with Crippen molar-refractivity contribution >= 4 is 11.6 Å². The Morgan fingerprint density at radius 3 is 2.44 bits per heavy atom. The highest BCUT2D eigenvalue weighted by Gasteiger charge is 2.28. The van der Waals surface area contributed by atoms with Gasteiger partial charge in [0.1, 0.15) is 0 Å². The Morgan fingerprint density at radius 1 is 1.50 bits per heavy atom. The number of nitrogens with zero attached hydrogens (tertiary/aromatic N) is 2. The van der Waals surface area contributed by atoms with Crippen molar-refractivity contribution in [3.8, 4) is 0 Å². The van der Waals surface area contributed by atoms with Gasteiger partial charge in [-0.1, -0.05) is 32.4 Å². The van der Waals surface area contributed by atoms with Crippen LogP contribution in [0.1, 0.15) is 38.6 Å². The molecule has 0 aliphatic heterocycles. The van der Waals surface area contributed by atoms with Gasteiger partial charge in [-0.3, -0.25) is 4.68 Å². The Balaban J connectivity index is 2.89. The van der Waals surface area contributed by atoms with Crippen molar-refractivity contribution in [2.24, 2.45) is 12.5 Å². The van der Waals surface area contributed by atoms with Crippen LogP contribution in [-0.4, -0.2) is 21.0 Å². The third kappa shape index (κ3) is 2.58. The Morgan fingerprint density at radius 2 is 2.06 bits per heavy atom. The van der Waals surface area contributed by atoms with Crippen LogP contribution in [0.25, 0.3) is 0 Å². The first-order valence-corrected chi connectivity index (χ1v) is 6.03. The monoisotopic (exact) mass is 244 g/mol. The van der Waals surface area contributed by atoms with Gasteiger partial charge in [-0.05, 0) is 18.8 Å². The molecule has 0 radical (unpaired) electrons. The number of hydrogen-bond acceptors (Lipinski definition) is 2. The van der Waals surface area contributed by atoms with Gasteiger partial charge in [-0.2, -0.15) is 5.10 Å². The van der Waals surface area contributed by atoms with Crippen LogP contribution < -0.4 is 0 Å². The quantitative estimate of drug-likeness (QED) is 0.885. The van der Waals surface area contributed by atoms with Gasteiger partial charge in [0.2, 0.25) is 0 Å². The van der Waals surface area contributed by atoms with E-state index in [1.807, 2.05) is 14.0 Å². The SMILES string of the molecule is CCC(C)(C)C(O)Cc1c(Cl)c(C)nn1C. The van der Waals surface area contributed by atoms with Crippen LogP contribution in [0.2, 0.25) is 5.02 Å². The second-order valence-corrected chi connectivity index (χ2v) is 5.41. The smallest absolute Gasteiger partial charge is 0.0847 e. The zero-order valence-electron chi connectivity index (χ0n) is 10.7. The van der Waals surface area contributed by atoms with E-state index in [9.17, 15) is 5.11 Å². The minimum Gasteiger partial charge on any atom is -0.392 e. The van der Waals surface area contributed by atoms with Crippen molar-refractivity contribution in [2.75, 3.05) is 0 Å².